The second-order valence-corrected chi connectivity index (χ2v) is 29.6. The van der Waals surface area contributed by atoms with E-state index >= 15 is 4.79 Å². The van der Waals surface area contributed by atoms with E-state index in [-0.39, 0.29) is 74.4 Å². The summed E-state index contributed by atoms with van der Waals surface area (Å²) < 4.78 is 76.2. The van der Waals surface area contributed by atoms with Crippen LogP contribution in [0.1, 0.15) is 109 Å². The van der Waals surface area contributed by atoms with Gasteiger partial charge in [0.2, 0.25) is 39.0 Å². The average molecular weight is 1440 g/mol. The number of anilines is 1. The van der Waals surface area contributed by atoms with E-state index in [0.29, 0.717) is 60.0 Å². The number of nitrogens with one attached hydrogen (secondary N) is 6. The molecular formula is C79H93N10O12S2+. The van der Waals surface area contributed by atoms with Crippen LogP contribution in [0.4, 0.5) is 5.69 Å². The summed E-state index contributed by atoms with van der Waals surface area (Å²) in [5, 5.41) is 13.8. The quantitative estimate of drug-likeness (QED) is 0.00757. The third kappa shape index (κ3) is 18.9. The molecule has 542 valence electrons. The molecule has 2 aromatic heterocycles. The summed E-state index contributed by atoms with van der Waals surface area (Å²) in [4.78, 5) is 91.8. The van der Waals surface area contributed by atoms with Crippen molar-refractivity contribution in [1.82, 2.24) is 35.2 Å². The topological polar surface area (TPSA) is 342 Å². The van der Waals surface area contributed by atoms with E-state index in [9.17, 15) is 45.4 Å². The lowest BCUT2D eigenvalue weighted by Crippen LogP contribution is -2.50. The largest absolute Gasteiger partial charge is 0.456 e. The molecular weight excluding hydrogens is 1350 g/mol. The van der Waals surface area contributed by atoms with E-state index in [4.69, 9.17) is 15.9 Å². The van der Waals surface area contributed by atoms with Crippen LogP contribution < -0.4 is 47.0 Å². The number of aromatic nitrogens is 2. The number of rotatable bonds is 37. The highest BCUT2D eigenvalue weighted by Crippen LogP contribution is 2.44. The minimum atomic E-state index is -5.01. The van der Waals surface area contributed by atoms with E-state index in [2.05, 4.69) is 40.1 Å². The molecule has 4 amide bonds. The fraction of sp³-hybridized carbons (Fsp3) is 0.354. The van der Waals surface area contributed by atoms with Crippen LogP contribution in [0.3, 0.4) is 0 Å². The molecule has 1 aliphatic heterocycles. The molecule has 103 heavy (non-hydrogen) atoms. The molecule has 0 unspecified atom stereocenters. The monoisotopic (exact) mass is 1440 g/mol. The molecule has 22 nitrogen and oxygen atoms in total. The summed E-state index contributed by atoms with van der Waals surface area (Å²) in [7, 11) is -9.31. The average Bonchev–Trinajstić information content (AvgIpc) is 1.23. The molecule has 2 aliphatic rings. The Bertz CT molecular complexity index is 5010. The van der Waals surface area contributed by atoms with E-state index in [1.54, 1.807) is 12.4 Å². The standard InChI is InChI=1S/C79H92N10O12S2/c1-6-88(7-2)58-31-34-63-72(45-58)101-73-46-59(89(8-3)9-4)32-35-64(73)76(63)65-36-33-60(47-74(65)103(98,99)100)102(96,97)85-38-19-10-11-28-75(92)82-37-20-18-23-54(77(81)93)43-70(90)68(40-51-29-30-52-21-12-13-22-53(52)39-51)87-79(95)55(41-56-48-83-66-26-16-14-24-61(56)66)44-71(91)69(86-78(94)50(5)80)42-57-49-84-67-27-17-15-25-62(57)67/h12-17,21-22,24-27,29-36,39,45-50,54-55,68-69,83-85H,6-11,18-20,23,28,37-38,40-44,80H2,1-5H3,(H5-,81,82,86,87,92,93,94,95,98,99,100)/p+1/t50-,54+,55+,68+,69-/m0/s1. The van der Waals surface area contributed by atoms with Gasteiger partial charge >= 0.3 is 0 Å². The highest BCUT2D eigenvalue weighted by molar-refractivity contribution is 7.89. The molecule has 11 N–H and O–H groups in total. The third-order valence-corrected chi connectivity index (χ3v) is 21.8. The molecule has 8 aromatic rings. The molecule has 0 saturated heterocycles. The minimum Gasteiger partial charge on any atom is -0.456 e. The van der Waals surface area contributed by atoms with Crippen LogP contribution >= 0.6 is 0 Å². The maximum absolute atomic E-state index is 15.1. The van der Waals surface area contributed by atoms with Crippen molar-refractivity contribution >= 4 is 105 Å². The number of benzene rings is 7. The summed E-state index contributed by atoms with van der Waals surface area (Å²) in [5.41, 5.74) is 18.4. The van der Waals surface area contributed by atoms with Crippen molar-refractivity contribution in [1.29, 1.82) is 0 Å². The zero-order valence-corrected chi connectivity index (χ0v) is 60.6. The highest BCUT2D eigenvalue weighted by atomic mass is 32.2. The Hall–Kier alpha value is -9.85. The SMILES string of the molecule is CCN(CC)c1ccc2c(-c3ccc(S(=O)(=O)NCCCCCC(=O)NCCCC[C@H](CC(=O)[C@@H](Cc4ccc5ccccc5c4)NC(=O)[C@@H](CC(=O)[C@H](Cc4c[nH]c5ccccc45)NC(=O)[C@H](C)N)Cc4c[nH]c5ccccc45)C(N)=O)cc3S(=O)(=O)O)c3ccc(=[N+](CC)CC)cc-3oc2c1. The number of H-pyrrole nitrogens is 2. The molecule has 24 heteroatoms. The second-order valence-electron chi connectivity index (χ2n) is 26.4. The van der Waals surface area contributed by atoms with Gasteiger partial charge in [-0.1, -0.05) is 97.8 Å². The van der Waals surface area contributed by atoms with Gasteiger partial charge in [-0.15, -0.1) is 0 Å². The summed E-state index contributed by atoms with van der Waals surface area (Å²) in [6, 6.07) is 40.5. The van der Waals surface area contributed by atoms with Crippen molar-refractivity contribution < 1.29 is 54.6 Å². The third-order valence-electron chi connectivity index (χ3n) is 19.4. The van der Waals surface area contributed by atoms with Gasteiger partial charge in [-0.05, 0) is 143 Å². The zero-order chi connectivity index (χ0) is 73.5. The van der Waals surface area contributed by atoms with Crippen LogP contribution in [0, 0.1) is 11.8 Å². The summed E-state index contributed by atoms with van der Waals surface area (Å²) in [5.74, 6) is -4.40. The Morgan fingerprint density at radius 3 is 1.89 bits per heavy atom. The Morgan fingerprint density at radius 2 is 1.23 bits per heavy atom. The normalized spacial score (nSPS) is 13.4. The number of unbranched alkanes of at least 4 members (excludes halogenated alkanes) is 3. The number of carbonyl (C=O) groups is 6. The molecule has 1 aliphatic carbocycles. The Morgan fingerprint density at radius 1 is 0.612 bits per heavy atom. The second kappa shape index (κ2) is 34.4. The highest BCUT2D eigenvalue weighted by Gasteiger charge is 2.34. The molecule has 10 rings (SSSR count). The first-order chi connectivity index (χ1) is 49.5. The molecule has 0 radical (unpaired) electrons. The van der Waals surface area contributed by atoms with E-state index < -0.39 is 84.3 Å². The Balaban J connectivity index is 0.752. The number of hydrogen-bond acceptors (Lipinski definition) is 13. The minimum absolute atomic E-state index is 0.0228. The number of para-hydroxylation sites is 2. The van der Waals surface area contributed by atoms with Gasteiger partial charge in [0.25, 0.3) is 10.1 Å². The molecule has 5 atom stereocenters. The summed E-state index contributed by atoms with van der Waals surface area (Å²) >= 11 is 0. The molecule has 0 bridgehead atoms. The number of nitrogens with two attached hydrogens (primary N) is 2. The molecule has 0 spiro atoms. The maximum atomic E-state index is 15.1. The van der Waals surface area contributed by atoms with Crippen LogP contribution in [-0.2, 0) is 68.2 Å². The first kappa shape index (κ1) is 75.8. The zero-order valence-electron chi connectivity index (χ0n) is 58.9. The number of Topliss-reactive ketones (excluding diaryl/α,β-unsaturated/α-hetero) is 2. The first-order valence-corrected chi connectivity index (χ1v) is 38.4. The number of amides is 4. The van der Waals surface area contributed by atoms with Crippen LogP contribution in [0.5, 0.6) is 0 Å². The fourth-order valence-electron chi connectivity index (χ4n) is 13.7. The predicted octanol–water partition coefficient (Wildman–Crippen LogP) is 10.0. The van der Waals surface area contributed by atoms with Crippen molar-refractivity contribution in [3.05, 3.63) is 180 Å². The lowest BCUT2D eigenvalue weighted by Gasteiger charge is -2.25. The smallest absolute Gasteiger partial charge is 0.295 e. The number of ketones is 2. The first-order valence-electron chi connectivity index (χ1n) is 35.5. The van der Waals surface area contributed by atoms with Gasteiger partial charge in [0.1, 0.15) is 29.3 Å². The lowest BCUT2D eigenvalue weighted by molar-refractivity contribution is -0.134. The van der Waals surface area contributed by atoms with Gasteiger partial charge in [-0.2, -0.15) is 8.42 Å². The molecule has 0 fully saturated rings. The predicted molar refractivity (Wildman–Crippen MR) is 403 cm³/mol. The number of sulfonamides is 1. The Kier molecular flexibility index (Phi) is 25.3. The number of primary amides is 1. The summed E-state index contributed by atoms with van der Waals surface area (Å²) in [6.45, 7) is 12.9. The van der Waals surface area contributed by atoms with Gasteiger partial charge in [0.05, 0.1) is 29.1 Å². The number of nitrogens with zero attached hydrogens (tertiary/aromatic N) is 2. The van der Waals surface area contributed by atoms with Gasteiger partial charge in [-0.3, -0.25) is 33.3 Å². The molecule has 0 saturated carbocycles. The van der Waals surface area contributed by atoms with Crippen molar-refractivity contribution in [2.45, 2.75) is 140 Å². The van der Waals surface area contributed by atoms with Gasteiger partial charge in [0.15, 0.2) is 11.6 Å². The number of fused-ring (bicyclic) bond motifs is 5. The van der Waals surface area contributed by atoms with Gasteiger partial charge < -0.3 is 46.7 Å². The Labute approximate surface area is 600 Å². The van der Waals surface area contributed by atoms with Crippen molar-refractivity contribution in [2.75, 3.05) is 44.2 Å². The molecule has 3 heterocycles. The lowest BCUT2D eigenvalue weighted by atomic mass is 9.87. The van der Waals surface area contributed by atoms with Crippen LogP contribution in [0.2, 0.25) is 0 Å². The van der Waals surface area contributed by atoms with Crippen molar-refractivity contribution in [2.24, 2.45) is 23.3 Å². The van der Waals surface area contributed by atoms with Crippen LogP contribution in [-0.4, -0.2) is 124 Å². The van der Waals surface area contributed by atoms with Gasteiger partial charge in [0, 0.05) is 138 Å². The van der Waals surface area contributed by atoms with E-state index in [1.165, 1.54) is 19.1 Å². The number of hydrogen-bond donors (Lipinski definition) is 9. The van der Waals surface area contributed by atoms with Crippen LogP contribution in [0.15, 0.2) is 172 Å². The van der Waals surface area contributed by atoms with E-state index in [0.717, 1.165) is 92.6 Å². The van der Waals surface area contributed by atoms with E-state index in [1.807, 2.05) is 155 Å². The fourth-order valence-corrected chi connectivity index (χ4v) is 15.6. The number of carbonyl (C=O) groups excluding carboxylic acids is 6. The van der Waals surface area contributed by atoms with Crippen molar-refractivity contribution in [3.8, 4) is 22.5 Å². The maximum Gasteiger partial charge on any atom is 0.295 e. The molecule has 6 aromatic carbocycles. The van der Waals surface area contributed by atoms with Crippen molar-refractivity contribution in [3.63, 3.8) is 0 Å². The van der Waals surface area contributed by atoms with Gasteiger partial charge in [-0.25, -0.2) is 17.7 Å². The summed E-state index contributed by atoms with van der Waals surface area (Å²) in [6.07, 6.45) is 5.69. The van der Waals surface area contributed by atoms with Crippen LogP contribution in [0.25, 0.3) is 66.0 Å². The number of aromatic amines is 2.